The van der Waals surface area contributed by atoms with Gasteiger partial charge >= 0.3 is 0 Å². The lowest BCUT2D eigenvalue weighted by molar-refractivity contribution is -0.138. The highest BCUT2D eigenvalue weighted by atomic mass is 16.5. The quantitative estimate of drug-likeness (QED) is 0.692. The minimum Gasteiger partial charge on any atom is -0.468 e. The van der Waals surface area contributed by atoms with Gasteiger partial charge in [-0.15, -0.1) is 0 Å². The molecule has 1 aliphatic rings. The van der Waals surface area contributed by atoms with Crippen LogP contribution in [0.3, 0.4) is 0 Å². The lowest BCUT2D eigenvalue weighted by Gasteiger charge is -2.33. The fourth-order valence-corrected chi connectivity index (χ4v) is 2.47. The monoisotopic (exact) mass is 226 g/mol. The van der Waals surface area contributed by atoms with Gasteiger partial charge < -0.3 is 4.74 Å². The maximum Gasteiger partial charge on any atom is 0.293 e. The minimum absolute atomic E-state index is 0.0775. The molecule has 0 heterocycles. The zero-order chi connectivity index (χ0) is 12.2. The first-order chi connectivity index (χ1) is 7.46. The van der Waals surface area contributed by atoms with E-state index in [2.05, 4.69) is 0 Å². The van der Waals surface area contributed by atoms with Crippen molar-refractivity contribution in [1.29, 1.82) is 0 Å². The summed E-state index contributed by atoms with van der Waals surface area (Å²) < 4.78 is 4.83. The topological polar surface area (TPSA) is 43.4 Å². The third-order valence-electron chi connectivity index (χ3n) is 3.36. The normalized spacial score (nSPS) is 26.2. The molecule has 0 radical (unpaired) electrons. The van der Waals surface area contributed by atoms with Crippen LogP contribution in [0.25, 0.3) is 0 Å². The van der Waals surface area contributed by atoms with Crippen LogP contribution in [0.15, 0.2) is 0 Å². The molecule has 16 heavy (non-hydrogen) atoms. The van der Waals surface area contributed by atoms with Crippen molar-refractivity contribution in [2.45, 2.75) is 46.5 Å². The Balaban J connectivity index is 2.66. The number of Topliss-reactive ketones (excluding diaryl/α,β-unsaturated/α-hetero) is 1. The molecule has 3 nitrogen and oxygen atoms in total. The highest BCUT2D eigenvalue weighted by Crippen LogP contribution is 2.35. The van der Waals surface area contributed by atoms with Crippen molar-refractivity contribution in [1.82, 2.24) is 0 Å². The van der Waals surface area contributed by atoms with E-state index in [1.165, 1.54) is 0 Å². The highest BCUT2D eigenvalue weighted by Gasteiger charge is 2.36. The Bertz CT molecular complexity index is 252. The van der Waals surface area contributed by atoms with Crippen molar-refractivity contribution in [3.8, 4) is 0 Å². The van der Waals surface area contributed by atoms with E-state index in [0.717, 1.165) is 25.7 Å². The van der Waals surface area contributed by atoms with E-state index < -0.39 is 0 Å². The number of hydrogen-bond donors (Lipinski definition) is 0. The van der Waals surface area contributed by atoms with Gasteiger partial charge in [-0.3, -0.25) is 9.59 Å². The molecule has 0 spiro atoms. The number of carbonyl (C=O) groups is 2. The standard InChI is InChI=1S/C13H22O3/c1-13(2,3)12(15)11-7-5-4-6-10(11)8-16-9-14/h9-11H,4-8H2,1-3H3. The molecule has 2 unspecified atom stereocenters. The molecule has 0 aromatic rings. The second-order valence-electron chi connectivity index (χ2n) is 5.69. The second kappa shape index (κ2) is 5.46. The second-order valence-corrected chi connectivity index (χ2v) is 5.69. The van der Waals surface area contributed by atoms with Crippen LogP contribution in [0.5, 0.6) is 0 Å². The molecule has 3 heteroatoms. The van der Waals surface area contributed by atoms with Gasteiger partial charge in [-0.05, 0) is 12.8 Å². The summed E-state index contributed by atoms with van der Waals surface area (Å²) in [7, 11) is 0. The van der Waals surface area contributed by atoms with Crippen molar-refractivity contribution in [2.75, 3.05) is 6.61 Å². The largest absolute Gasteiger partial charge is 0.468 e. The Morgan fingerprint density at radius 2 is 1.94 bits per heavy atom. The molecule has 0 aromatic carbocycles. The van der Waals surface area contributed by atoms with Crippen LogP contribution in [0.1, 0.15) is 46.5 Å². The Morgan fingerprint density at radius 1 is 1.31 bits per heavy atom. The molecular formula is C13H22O3. The van der Waals surface area contributed by atoms with Gasteiger partial charge in [-0.2, -0.15) is 0 Å². The Morgan fingerprint density at radius 3 is 2.50 bits per heavy atom. The summed E-state index contributed by atoms with van der Waals surface area (Å²) in [6.45, 7) is 6.76. The molecule has 2 atom stereocenters. The molecular weight excluding hydrogens is 204 g/mol. The van der Waals surface area contributed by atoms with E-state index in [1.807, 2.05) is 20.8 Å². The third kappa shape index (κ3) is 3.32. The van der Waals surface area contributed by atoms with Gasteiger partial charge in [0.15, 0.2) is 0 Å². The van der Waals surface area contributed by atoms with E-state index in [4.69, 9.17) is 4.74 Å². The summed E-state index contributed by atoms with van der Waals surface area (Å²) in [6.07, 6.45) is 4.20. The number of rotatable bonds is 4. The van der Waals surface area contributed by atoms with Gasteiger partial charge in [0.05, 0.1) is 6.61 Å². The summed E-state index contributed by atoms with van der Waals surface area (Å²) in [5, 5.41) is 0. The molecule has 1 rings (SSSR count). The smallest absolute Gasteiger partial charge is 0.293 e. The van der Waals surface area contributed by atoms with Crippen LogP contribution in [-0.2, 0) is 14.3 Å². The Hall–Kier alpha value is -0.860. The van der Waals surface area contributed by atoms with Crippen LogP contribution in [-0.4, -0.2) is 18.9 Å². The summed E-state index contributed by atoms with van der Waals surface area (Å²) in [4.78, 5) is 22.5. The van der Waals surface area contributed by atoms with Crippen molar-refractivity contribution >= 4 is 12.3 Å². The molecule has 0 aliphatic heterocycles. The lowest BCUT2D eigenvalue weighted by Crippen LogP contribution is -2.36. The fraction of sp³-hybridized carbons (Fsp3) is 0.846. The van der Waals surface area contributed by atoms with Crippen molar-refractivity contribution in [3.63, 3.8) is 0 Å². The Labute approximate surface area is 97.5 Å². The van der Waals surface area contributed by atoms with Gasteiger partial charge in [0.25, 0.3) is 6.47 Å². The molecule has 0 amide bonds. The SMILES string of the molecule is CC(C)(C)C(=O)C1CCCCC1COC=O. The van der Waals surface area contributed by atoms with Gasteiger partial charge in [0, 0.05) is 17.3 Å². The van der Waals surface area contributed by atoms with Crippen LogP contribution < -0.4 is 0 Å². The maximum atomic E-state index is 12.2. The van der Waals surface area contributed by atoms with E-state index in [0.29, 0.717) is 18.9 Å². The number of carbonyl (C=O) groups excluding carboxylic acids is 2. The average molecular weight is 226 g/mol. The number of ketones is 1. The first-order valence-electron chi connectivity index (χ1n) is 6.06. The predicted molar refractivity (Wildman–Crippen MR) is 61.9 cm³/mol. The average Bonchev–Trinajstić information content (AvgIpc) is 2.24. The molecule has 0 saturated heterocycles. The number of ether oxygens (including phenoxy) is 1. The van der Waals surface area contributed by atoms with E-state index in [-0.39, 0.29) is 17.3 Å². The molecule has 92 valence electrons. The van der Waals surface area contributed by atoms with Gasteiger partial charge in [0.1, 0.15) is 5.78 Å². The molecule has 0 N–H and O–H groups in total. The molecule has 0 aromatic heterocycles. The minimum atomic E-state index is -0.290. The lowest BCUT2D eigenvalue weighted by atomic mass is 9.71. The van der Waals surface area contributed by atoms with Crippen LogP contribution in [0.2, 0.25) is 0 Å². The molecule has 1 saturated carbocycles. The zero-order valence-electron chi connectivity index (χ0n) is 10.5. The summed E-state index contributed by atoms with van der Waals surface area (Å²) >= 11 is 0. The number of hydrogen-bond acceptors (Lipinski definition) is 3. The van der Waals surface area contributed by atoms with Gasteiger partial charge in [-0.25, -0.2) is 0 Å². The predicted octanol–water partition coefficient (Wildman–Crippen LogP) is 2.58. The van der Waals surface area contributed by atoms with Crippen LogP contribution in [0.4, 0.5) is 0 Å². The molecule has 0 bridgehead atoms. The Kier molecular flexibility index (Phi) is 4.51. The van der Waals surface area contributed by atoms with Gasteiger partial charge in [-0.1, -0.05) is 33.6 Å². The van der Waals surface area contributed by atoms with Crippen molar-refractivity contribution < 1.29 is 14.3 Å². The highest BCUT2D eigenvalue weighted by molar-refractivity contribution is 5.86. The fourth-order valence-electron chi connectivity index (χ4n) is 2.47. The molecule has 1 aliphatic carbocycles. The van der Waals surface area contributed by atoms with E-state index in [9.17, 15) is 9.59 Å². The summed E-state index contributed by atoms with van der Waals surface area (Å²) in [5.41, 5.74) is -0.290. The summed E-state index contributed by atoms with van der Waals surface area (Å²) in [6, 6.07) is 0. The van der Waals surface area contributed by atoms with Crippen LogP contribution >= 0.6 is 0 Å². The third-order valence-corrected chi connectivity index (χ3v) is 3.36. The van der Waals surface area contributed by atoms with E-state index in [1.54, 1.807) is 0 Å². The van der Waals surface area contributed by atoms with Crippen molar-refractivity contribution in [3.05, 3.63) is 0 Å². The first kappa shape index (κ1) is 13.2. The molecule has 1 fully saturated rings. The first-order valence-corrected chi connectivity index (χ1v) is 6.06. The van der Waals surface area contributed by atoms with Gasteiger partial charge in [0.2, 0.25) is 0 Å². The van der Waals surface area contributed by atoms with Crippen LogP contribution in [0, 0.1) is 17.3 Å². The zero-order valence-corrected chi connectivity index (χ0v) is 10.5. The maximum absolute atomic E-state index is 12.2. The summed E-state index contributed by atoms with van der Waals surface area (Å²) in [5.74, 6) is 0.617. The van der Waals surface area contributed by atoms with Crippen molar-refractivity contribution in [2.24, 2.45) is 17.3 Å². The van der Waals surface area contributed by atoms with E-state index >= 15 is 0 Å².